The van der Waals surface area contributed by atoms with Crippen LogP contribution in [0.15, 0.2) is 84.4 Å². The number of nitrogens with one attached hydrogen (secondary N) is 3. The maximum absolute atomic E-state index is 14.5. The number of allylic oxidation sites excluding steroid dienone is 1. The fourth-order valence-corrected chi connectivity index (χ4v) is 12.9. The van der Waals surface area contributed by atoms with E-state index in [0.717, 1.165) is 68.0 Å². The van der Waals surface area contributed by atoms with E-state index < -0.39 is 31.4 Å². The van der Waals surface area contributed by atoms with Gasteiger partial charge in [0.25, 0.3) is 21.6 Å². The number of nitrogens with zero attached hydrogens (tertiary/aromatic N) is 5. The molecule has 1 amide bonds. The summed E-state index contributed by atoms with van der Waals surface area (Å²) in [6, 6.07) is 21.2. The predicted octanol–water partition coefficient (Wildman–Crippen LogP) is 8.73. The number of ether oxygens (including phenoxy) is 3. The van der Waals surface area contributed by atoms with Crippen molar-refractivity contribution in [2.45, 2.75) is 94.3 Å². The fourth-order valence-electron chi connectivity index (χ4n) is 11.9. The quantitative estimate of drug-likeness (QED) is 0.0893. The lowest BCUT2D eigenvalue weighted by molar-refractivity contribution is -0.384. The van der Waals surface area contributed by atoms with E-state index >= 15 is 0 Å². The lowest BCUT2D eigenvalue weighted by Gasteiger charge is -2.56. The number of H-pyrrole nitrogens is 1. The van der Waals surface area contributed by atoms with Gasteiger partial charge in [0.05, 0.1) is 33.7 Å². The molecule has 3 aromatic carbocycles. The number of fused-ring (bicyclic) bond motifs is 3. The zero-order valence-electron chi connectivity index (χ0n) is 38.5. The number of sulfonamides is 1. The van der Waals surface area contributed by atoms with Crippen LogP contribution in [0.25, 0.3) is 16.6 Å². The number of carbonyl (C=O) groups excluding carboxylic acids is 1. The molecule has 68 heavy (non-hydrogen) atoms. The first-order valence-corrected chi connectivity index (χ1v) is 25.5. The highest BCUT2D eigenvalue weighted by atomic mass is 32.2. The average molecular weight is 943 g/mol. The number of rotatable bonds is 10. The molecule has 356 valence electrons. The van der Waals surface area contributed by atoms with Crippen LogP contribution in [0.2, 0.25) is 0 Å². The van der Waals surface area contributed by atoms with Crippen LogP contribution < -0.4 is 29.3 Å². The summed E-state index contributed by atoms with van der Waals surface area (Å²) < 4.78 is 48.4. The molecule has 1 saturated carbocycles. The number of aromatic nitrogens is 2. The second-order valence-electron chi connectivity index (χ2n) is 19.8. The van der Waals surface area contributed by atoms with E-state index in [-0.39, 0.29) is 47.1 Å². The molecule has 2 aromatic heterocycles. The van der Waals surface area contributed by atoms with E-state index in [2.05, 4.69) is 62.6 Å². The lowest BCUT2D eigenvalue weighted by atomic mass is 9.59. The topological polar surface area (TPSA) is 184 Å². The zero-order chi connectivity index (χ0) is 46.9. The number of aromatic amines is 1. The Balaban J connectivity index is 0.858. The SMILES string of the molecule is C=C(C)c1ccccc1[C@@H]1CCCN1C1CC2(CCN(c3ccc(C(=O)NS(=O)(=O)c4cc5c(c([N+](=O)[O-])c4)N[C@H](C4CCOCC4)CO5)c(N4C[C@@H](C)Oc5nc6[nH]ccc6cc54)c3)CC2)C1. The van der Waals surface area contributed by atoms with Gasteiger partial charge in [0.2, 0.25) is 5.88 Å². The van der Waals surface area contributed by atoms with Gasteiger partial charge < -0.3 is 34.3 Å². The Kier molecular flexibility index (Phi) is 11.4. The van der Waals surface area contributed by atoms with Gasteiger partial charge in [0, 0.05) is 67.8 Å². The Morgan fingerprint density at radius 3 is 2.56 bits per heavy atom. The van der Waals surface area contributed by atoms with Crippen molar-refractivity contribution in [3.05, 3.63) is 106 Å². The summed E-state index contributed by atoms with van der Waals surface area (Å²) in [7, 11) is -4.65. The number of nitro groups is 1. The minimum Gasteiger partial charge on any atom is -0.489 e. The molecule has 3 saturated heterocycles. The summed E-state index contributed by atoms with van der Waals surface area (Å²) in [6.45, 7) is 12.9. The zero-order valence-corrected chi connectivity index (χ0v) is 39.4. The number of piperidine rings is 1. The Morgan fingerprint density at radius 2 is 1.78 bits per heavy atom. The van der Waals surface area contributed by atoms with Crippen LogP contribution >= 0.6 is 0 Å². The van der Waals surface area contributed by atoms with E-state index in [9.17, 15) is 23.3 Å². The van der Waals surface area contributed by atoms with Gasteiger partial charge in [0.15, 0.2) is 11.4 Å². The van der Waals surface area contributed by atoms with E-state index in [1.807, 2.05) is 36.1 Å². The molecule has 7 heterocycles. The van der Waals surface area contributed by atoms with Gasteiger partial charge in [-0.2, -0.15) is 4.98 Å². The van der Waals surface area contributed by atoms with Crippen molar-refractivity contribution < 1.29 is 32.3 Å². The summed E-state index contributed by atoms with van der Waals surface area (Å²) in [4.78, 5) is 40.9. The molecule has 16 nitrogen and oxygen atoms in total. The molecule has 4 fully saturated rings. The number of pyridine rings is 1. The van der Waals surface area contributed by atoms with Crippen LogP contribution in [0, 0.1) is 21.4 Å². The van der Waals surface area contributed by atoms with Crippen LogP contribution in [0.4, 0.5) is 28.4 Å². The van der Waals surface area contributed by atoms with Gasteiger partial charge in [-0.05, 0) is 125 Å². The molecular formula is C51H58N8O8S. The molecule has 5 aromatic rings. The van der Waals surface area contributed by atoms with Crippen LogP contribution in [0.1, 0.15) is 92.7 Å². The number of nitro benzene ring substituents is 1. The molecule has 11 rings (SSSR count). The standard InChI is InChI=1S/C51H58N8O8S/c1-31(2)38-7-4-5-8-39(38)42-9-6-18-57(42)36-27-51(28-36)15-19-56(20-16-51)35-10-11-40(43(24-35)58-29-32(3)67-50-45(58)23-34-12-17-52-48(34)54-50)49(60)55-68(63,64)37-25-44(59(61)62)47-46(26-37)66-30-41(53-47)33-13-21-65-22-14-33/h4-5,7-8,10-12,17,23-26,32-33,36,41-42,53H,1,6,9,13-16,18-22,27-30H2,2-3H3,(H,52,54)(H,55,60)/t32-,41+,42+/m1/s1. The number of anilines is 4. The molecule has 6 aliphatic rings. The van der Waals surface area contributed by atoms with E-state index in [4.69, 9.17) is 19.2 Å². The number of amides is 1. The third kappa shape index (κ3) is 8.11. The van der Waals surface area contributed by atoms with E-state index in [1.165, 1.54) is 42.9 Å². The van der Waals surface area contributed by atoms with Crippen molar-refractivity contribution in [3.8, 4) is 11.6 Å². The third-order valence-corrected chi connectivity index (χ3v) is 16.8. The Labute approximate surface area is 396 Å². The largest absolute Gasteiger partial charge is 0.489 e. The highest BCUT2D eigenvalue weighted by molar-refractivity contribution is 7.90. The lowest BCUT2D eigenvalue weighted by Crippen LogP contribution is -2.55. The van der Waals surface area contributed by atoms with Crippen molar-refractivity contribution in [1.82, 2.24) is 19.6 Å². The number of likely N-dealkylation sites (tertiary alicyclic amines) is 1. The molecule has 1 aliphatic carbocycles. The predicted molar refractivity (Wildman–Crippen MR) is 261 cm³/mol. The van der Waals surface area contributed by atoms with Crippen molar-refractivity contribution in [3.63, 3.8) is 0 Å². The normalized spacial score (nSPS) is 22.9. The van der Waals surface area contributed by atoms with Crippen LogP contribution in [0.3, 0.4) is 0 Å². The van der Waals surface area contributed by atoms with Crippen molar-refractivity contribution >= 4 is 61.0 Å². The molecule has 17 heteroatoms. The number of hydrogen-bond acceptors (Lipinski definition) is 13. The maximum atomic E-state index is 14.5. The number of hydrogen-bond donors (Lipinski definition) is 3. The molecule has 0 unspecified atom stereocenters. The van der Waals surface area contributed by atoms with Gasteiger partial charge >= 0.3 is 0 Å². The smallest absolute Gasteiger partial charge is 0.297 e. The highest BCUT2D eigenvalue weighted by Gasteiger charge is 2.50. The number of benzene rings is 3. The summed E-state index contributed by atoms with van der Waals surface area (Å²) in [6.07, 6.45) is 9.87. The van der Waals surface area contributed by atoms with Gasteiger partial charge in [-0.1, -0.05) is 36.4 Å². The fraction of sp³-hybridized carbons (Fsp3) is 0.451. The minimum atomic E-state index is -4.65. The average Bonchev–Trinajstić information content (AvgIpc) is 4.02. The highest BCUT2D eigenvalue weighted by Crippen LogP contribution is 2.54. The Hall–Kier alpha value is -6.17. The summed E-state index contributed by atoms with van der Waals surface area (Å²) in [5.41, 5.74) is 6.55. The Morgan fingerprint density at radius 1 is 0.985 bits per heavy atom. The van der Waals surface area contributed by atoms with Gasteiger partial charge in [-0.3, -0.25) is 19.8 Å². The van der Waals surface area contributed by atoms with E-state index in [0.29, 0.717) is 54.7 Å². The first-order chi connectivity index (χ1) is 32.8. The molecule has 0 radical (unpaired) electrons. The first-order valence-electron chi connectivity index (χ1n) is 24.0. The summed E-state index contributed by atoms with van der Waals surface area (Å²) >= 11 is 0. The summed E-state index contributed by atoms with van der Waals surface area (Å²) in [5.74, 6) is -0.280. The minimum absolute atomic E-state index is 0.0354. The molecule has 3 N–H and O–H groups in total. The molecule has 0 bridgehead atoms. The van der Waals surface area contributed by atoms with Crippen molar-refractivity contribution in [2.75, 3.05) is 61.1 Å². The van der Waals surface area contributed by atoms with E-state index in [1.54, 1.807) is 12.3 Å². The van der Waals surface area contributed by atoms with Crippen LogP contribution in [-0.2, 0) is 14.8 Å². The Bertz CT molecular complexity index is 2920. The maximum Gasteiger partial charge on any atom is 0.297 e. The number of carbonyl (C=O) groups is 1. The second kappa shape index (κ2) is 17.4. The molecular weight excluding hydrogens is 885 g/mol. The molecule has 1 spiro atoms. The van der Waals surface area contributed by atoms with Crippen LogP contribution in [-0.4, -0.2) is 98.3 Å². The van der Waals surface area contributed by atoms with Gasteiger partial charge in [-0.15, -0.1) is 0 Å². The van der Waals surface area contributed by atoms with Gasteiger partial charge in [0.1, 0.15) is 24.0 Å². The summed E-state index contributed by atoms with van der Waals surface area (Å²) in [5, 5.41) is 16.6. The van der Waals surface area contributed by atoms with Crippen molar-refractivity contribution in [2.24, 2.45) is 11.3 Å². The molecule has 3 atom stereocenters. The van der Waals surface area contributed by atoms with Crippen molar-refractivity contribution in [1.29, 1.82) is 0 Å². The monoisotopic (exact) mass is 942 g/mol. The van der Waals surface area contributed by atoms with Crippen LogP contribution in [0.5, 0.6) is 11.6 Å². The first kappa shape index (κ1) is 44.3. The molecule has 5 aliphatic heterocycles. The van der Waals surface area contributed by atoms with Gasteiger partial charge in [-0.25, -0.2) is 13.1 Å². The second-order valence-corrected chi connectivity index (χ2v) is 21.5. The third-order valence-electron chi connectivity index (χ3n) is 15.5.